The highest BCUT2D eigenvalue weighted by atomic mass is 35.5. The molecule has 0 aliphatic rings. The average molecular weight is 411 g/mol. The van der Waals surface area contributed by atoms with Gasteiger partial charge in [0.25, 0.3) is 5.91 Å². The number of methoxy groups -OCH3 is 1. The van der Waals surface area contributed by atoms with E-state index in [1.807, 2.05) is 12.1 Å². The first-order chi connectivity index (χ1) is 12.0. The van der Waals surface area contributed by atoms with Gasteiger partial charge in [-0.1, -0.05) is 41.4 Å². The van der Waals surface area contributed by atoms with Crippen molar-refractivity contribution in [2.24, 2.45) is 0 Å². The molecule has 1 heterocycles. The second-order valence-electron chi connectivity index (χ2n) is 4.99. The van der Waals surface area contributed by atoms with Gasteiger partial charge in [0.1, 0.15) is 10.6 Å². The number of thiocarbonyl (C=S) groups is 1. The summed E-state index contributed by atoms with van der Waals surface area (Å²) < 4.78 is 6.08. The number of rotatable bonds is 3. The molecular weight excluding hydrogens is 399 g/mol. The van der Waals surface area contributed by atoms with Crippen LogP contribution in [-0.4, -0.2) is 18.1 Å². The zero-order valence-electron chi connectivity index (χ0n) is 12.9. The van der Waals surface area contributed by atoms with Crippen LogP contribution < -0.4 is 15.4 Å². The number of carbonyl (C=O) groups is 1. The summed E-state index contributed by atoms with van der Waals surface area (Å²) in [7, 11) is 1.56. The number of thiophene rings is 1. The van der Waals surface area contributed by atoms with Gasteiger partial charge in [-0.3, -0.25) is 10.1 Å². The molecule has 0 radical (unpaired) electrons. The van der Waals surface area contributed by atoms with Crippen LogP contribution in [-0.2, 0) is 0 Å². The van der Waals surface area contributed by atoms with Gasteiger partial charge in [0, 0.05) is 15.1 Å². The molecule has 0 bridgehead atoms. The van der Waals surface area contributed by atoms with Gasteiger partial charge < -0.3 is 10.1 Å². The molecule has 128 valence electrons. The quantitative estimate of drug-likeness (QED) is 0.571. The Kier molecular flexibility index (Phi) is 5.44. The largest absolute Gasteiger partial charge is 0.495 e. The second kappa shape index (κ2) is 7.58. The van der Waals surface area contributed by atoms with Crippen molar-refractivity contribution in [3.05, 3.63) is 57.4 Å². The van der Waals surface area contributed by atoms with Crippen LogP contribution >= 0.6 is 46.8 Å². The summed E-state index contributed by atoms with van der Waals surface area (Å²) in [5, 5.41) is 7.48. The summed E-state index contributed by atoms with van der Waals surface area (Å²) >= 11 is 18.8. The molecule has 0 spiro atoms. The lowest BCUT2D eigenvalue weighted by Crippen LogP contribution is -2.33. The minimum atomic E-state index is -0.380. The van der Waals surface area contributed by atoms with E-state index < -0.39 is 0 Å². The van der Waals surface area contributed by atoms with E-state index in [9.17, 15) is 4.79 Å². The third-order valence-electron chi connectivity index (χ3n) is 3.38. The maximum absolute atomic E-state index is 12.5. The van der Waals surface area contributed by atoms with Crippen molar-refractivity contribution in [3.63, 3.8) is 0 Å². The van der Waals surface area contributed by atoms with E-state index in [1.165, 1.54) is 11.3 Å². The van der Waals surface area contributed by atoms with Gasteiger partial charge in [0.15, 0.2) is 5.11 Å². The second-order valence-corrected chi connectivity index (χ2v) is 7.27. The SMILES string of the molecule is COc1ccccc1NC(=S)NC(=O)c1sc2cc(Cl)ccc2c1Cl. The van der Waals surface area contributed by atoms with Gasteiger partial charge in [-0.2, -0.15) is 0 Å². The summed E-state index contributed by atoms with van der Waals surface area (Å²) in [6, 6.07) is 12.6. The number of halogens is 2. The first-order valence-electron chi connectivity index (χ1n) is 7.12. The topological polar surface area (TPSA) is 50.4 Å². The van der Waals surface area contributed by atoms with E-state index in [0.29, 0.717) is 26.4 Å². The van der Waals surface area contributed by atoms with Crippen molar-refractivity contribution in [2.75, 3.05) is 12.4 Å². The molecule has 3 aromatic rings. The summed E-state index contributed by atoms with van der Waals surface area (Å²) in [4.78, 5) is 12.9. The Morgan fingerprint density at radius 2 is 1.96 bits per heavy atom. The van der Waals surface area contributed by atoms with Crippen LogP contribution in [0.4, 0.5) is 5.69 Å². The number of ether oxygens (including phenoxy) is 1. The fourth-order valence-electron chi connectivity index (χ4n) is 2.25. The van der Waals surface area contributed by atoms with Gasteiger partial charge in [0.05, 0.1) is 17.8 Å². The van der Waals surface area contributed by atoms with Crippen LogP contribution in [0.15, 0.2) is 42.5 Å². The van der Waals surface area contributed by atoms with Gasteiger partial charge in [-0.05, 0) is 36.5 Å². The molecule has 0 atom stereocenters. The van der Waals surface area contributed by atoms with Crippen LogP contribution in [0.25, 0.3) is 10.1 Å². The molecule has 1 amide bonds. The Balaban J connectivity index is 1.78. The Morgan fingerprint density at radius 1 is 1.20 bits per heavy atom. The Hall–Kier alpha value is -1.86. The van der Waals surface area contributed by atoms with E-state index in [4.69, 9.17) is 40.2 Å². The number of hydrogen-bond donors (Lipinski definition) is 2. The number of para-hydroxylation sites is 2. The molecular formula is C17H12Cl2N2O2S2. The van der Waals surface area contributed by atoms with Gasteiger partial charge in [-0.15, -0.1) is 11.3 Å². The number of carbonyl (C=O) groups excluding carboxylic acids is 1. The lowest BCUT2D eigenvalue weighted by Gasteiger charge is -2.12. The zero-order chi connectivity index (χ0) is 18.0. The normalized spacial score (nSPS) is 10.5. The molecule has 0 saturated heterocycles. The maximum Gasteiger partial charge on any atom is 0.269 e. The van der Waals surface area contributed by atoms with E-state index in [2.05, 4.69) is 10.6 Å². The highest BCUT2D eigenvalue weighted by molar-refractivity contribution is 7.80. The zero-order valence-corrected chi connectivity index (χ0v) is 16.1. The summed E-state index contributed by atoms with van der Waals surface area (Å²) in [6.45, 7) is 0. The van der Waals surface area contributed by atoms with Crippen LogP contribution in [0, 0.1) is 0 Å². The highest BCUT2D eigenvalue weighted by Gasteiger charge is 2.18. The molecule has 0 aliphatic heterocycles. The average Bonchev–Trinajstić information content (AvgIpc) is 2.91. The van der Waals surface area contributed by atoms with E-state index in [0.717, 1.165) is 10.1 Å². The molecule has 8 heteroatoms. The summed E-state index contributed by atoms with van der Waals surface area (Å²) in [5.74, 6) is 0.239. The number of benzene rings is 2. The van der Waals surface area contributed by atoms with Gasteiger partial charge in [-0.25, -0.2) is 0 Å². The molecule has 0 unspecified atom stereocenters. The monoisotopic (exact) mass is 410 g/mol. The Labute approximate surface area is 163 Å². The maximum atomic E-state index is 12.5. The molecule has 2 aromatic carbocycles. The van der Waals surface area contributed by atoms with Crippen LogP contribution in [0.5, 0.6) is 5.75 Å². The number of fused-ring (bicyclic) bond motifs is 1. The Morgan fingerprint density at radius 3 is 2.72 bits per heavy atom. The number of nitrogens with one attached hydrogen (secondary N) is 2. The number of anilines is 1. The van der Waals surface area contributed by atoms with Crippen molar-refractivity contribution >= 4 is 73.5 Å². The highest BCUT2D eigenvalue weighted by Crippen LogP contribution is 2.36. The van der Waals surface area contributed by atoms with E-state index in [1.54, 1.807) is 37.4 Å². The molecule has 0 fully saturated rings. The third kappa shape index (κ3) is 3.88. The van der Waals surface area contributed by atoms with Crippen molar-refractivity contribution in [1.29, 1.82) is 0 Å². The summed E-state index contributed by atoms with van der Waals surface area (Å²) in [6.07, 6.45) is 0. The molecule has 25 heavy (non-hydrogen) atoms. The van der Waals surface area contributed by atoms with E-state index >= 15 is 0 Å². The van der Waals surface area contributed by atoms with E-state index in [-0.39, 0.29) is 11.0 Å². The van der Waals surface area contributed by atoms with Crippen molar-refractivity contribution in [3.8, 4) is 5.75 Å². The van der Waals surface area contributed by atoms with Crippen LogP contribution in [0.2, 0.25) is 10.0 Å². The summed E-state index contributed by atoms with van der Waals surface area (Å²) in [5.41, 5.74) is 0.657. The fourth-order valence-corrected chi connectivity index (χ4v) is 4.14. The predicted molar refractivity (Wildman–Crippen MR) is 109 cm³/mol. The molecule has 0 aliphatic carbocycles. The lowest BCUT2D eigenvalue weighted by molar-refractivity contribution is 0.0982. The number of amides is 1. The van der Waals surface area contributed by atoms with Crippen molar-refractivity contribution < 1.29 is 9.53 Å². The molecule has 4 nitrogen and oxygen atoms in total. The first-order valence-corrected chi connectivity index (χ1v) is 9.10. The number of hydrogen-bond acceptors (Lipinski definition) is 4. The molecule has 2 N–H and O–H groups in total. The third-order valence-corrected chi connectivity index (χ3v) is 5.48. The first kappa shape index (κ1) is 17.9. The van der Waals surface area contributed by atoms with Crippen LogP contribution in [0.3, 0.4) is 0 Å². The van der Waals surface area contributed by atoms with Crippen molar-refractivity contribution in [2.45, 2.75) is 0 Å². The van der Waals surface area contributed by atoms with Crippen molar-refractivity contribution in [1.82, 2.24) is 5.32 Å². The Bertz CT molecular complexity index is 972. The standard InChI is InChI=1S/C17H12Cl2N2O2S2/c1-23-12-5-3-2-4-11(12)20-17(24)21-16(22)15-14(19)10-7-6-9(18)8-13(10)25-15/h2-8H,1H3,(H2,20,21,22,24). The predicted octanol–water partition coefficient (Wildman–Crippen LogP) is 5.34. The minimum absolute atomic E-state index is 0.154. The minimum Gasteiger partial charge on any atom is -0.495 e. The van der Waals surface area contributed by atoms with Gasteiger partial charge >= 0.3 is 0 Å². The van der Waals surface area contributed by atoms with Crippen LogP contribution in [0.1, 0.15) is 9.67 Å². The lowest BCUT2D eigenvalue weighted by atomic mass is 10.2. The van der Waals surface area contributed by atoms with Gasteiger partial charge in [0.2, 0.25) is 0 Å². The molecule has 3 rings (SSSR count). The molecule has 0 saturated carbocycles. The molecule has 1 aromatic heterocycles. The fraction of sp³-hybridized carbons (Fsp3) is 0.0588. The smallest absolute Gasteiger partial charge is 0.269 e.